The lowest BCUT2D eigenvalue weighted by atomic mass is 9.81. The summed E-state index contributed by atoms with van der Waals surface area (Å²) in [6, 6.07) is 33.0. The van der Waals surface area contributed by atoms with Crippen molar-refractivity contribution in [2.45, 2.75) is 24.7 Å². The highest BCUT2D eigenvalue weighted by Gasteiger charge is 2.60. The molecule has 2 aliphatic carbocycles. The Morgan fingerprint density at radius 3 is 1.88 bits per heavy atom. The lowest BCUT2D eigenvalue weighted by Crippen LogP contribution is -2.47. The Labute approximate surface area is 339 Å². The summed E-state index contributed by atoms with van der Waals surface area (Å²) in [5, 5.41) is 11.4. The minimum atomic E-state index is -2.33. The number of nitrogens with zero attached hydrogens (tertiary/aromatic N) is 2. The van der Waals surface area contributed by atoms with Crippen LogP contribution in [-0.2, 0) is 37.7 Å². The summed E-state index contributed by atoms with van der Waals surface area (Å²) in [5.74, 6) is -2.29. The van der Waals surface area contributed by atoms with Crippen molar-refractivity contribution in [2.24, 2.45) is 9.98 Å². The SMILES string of the molecule is O=C1/C(=N/c2cc3sc4c5c(sc4c3s2)C=C(N=c2c(=O)c3ccccc3c2=O)C5(C(=O)OCc2ccccc2)C(=O)OCc2ccccc2)C(O)c2ccccc21. The molecule has 0 aliphatic heterocycles. The fourth-order valence-electron chi connectivity index (χ4n) is 7.58. The number of rotatable bonds is 8. The molecule has 0 saturated heterocycles. The molecule has 0 bridgehead atoms. The third-order valence-corrected chi connectivity index (χ3v) is 14.1. The van der Waals surface area contributed by atoms with Gasteiger partial charge in [-0.25, -0.2) is 9.98 Å². The molecule has 3 heterocycles. The average molecular weight is 819 g/mol. The van der Waals surface area contributed by atoms with Gasteiger partial charge in [-0.3, -0.25) is 24.0 Å². The van der Waals surface area contributed by atoms with Crippen molar-refractivity contribution in [3.8, 4) is 0 Å². The maximum absolute atomic E-state index is 15.0. The molecule has 0 fully saturated rings. The van der Waals surface area contributed by atoms with Gasteiger partial charge in [0.2, 0.25) is 22.1 Å². The molecule has 3 aromatic heterocycles. The Kier molecular flexibility index (Phi) is 8.57. The van der Waals surface area contributed by atoms with Crippen LogP contribution in [0.1, 0.15) is 43.6 Å². The minimum absolute atomic E-state index is 0.0335. The van der Waals surface area contributed by atoms with Gasteiger partial charge in [-0.05, 0) is 28.8 Å². The Balaban J connectivity index is 1.16. The molecule has 13 heteroatoms. The van der Waals surface area contributed by atoms with Crippen molar-refractivity contribution >= 4 is 98.1 Å². The maximum Gasteiger partial charge on any atom is 0.334 e. The lowest BCUT2D eigenvalue weighted by Gasteiger charge is -2.27. The molecule has 0 spiro atoms. The van der Waals surface area contributed by atoms with Crippen LogP contribution in [0.2, 0.25) is 0 Å². The highest BCUT2D eigenvalue weighted by molar-refractivity contribution is 7.40. The molecule has 8 aromatic rings. The quantitative estimate of drug-likeness (QED) is 0.122. The standard InChI is InChI=1S/C45H26N2O8S3/c48-36-25-15-7-8-16-26(25)37(49)34(36)46-31-19-29-33(45(31,43(52)54-21-23-11-3-1-4-12-23)44(53)55-22-24-13-5-2-6-14-24)41-42(56-29)40-30(57-41)20-32(58-40)47-35-38(50)27-17-9-10-18-28(27)39(35)51/h1-20,38,50H,21-22H2/b47-35+. The van der Waals surface area contributed by atoms with Gasteiger partial charge in [0.25, 0.3) is 0 Å². The number of aliphatic hydroxyl groups is 1. The number of hydrogen-bond donors (Lipinski definition) is 1. The van der Waals surface area contributed by atoms with Gasteiger partial charge in [0.05, 0.1) is 19.8 Å². The average Bonchev–Trinajstić information content (AvgIpc) is 4.06. The predicted octanol–water partition coefficient (Wildman–Crippen LogP) is 7.61. The van der Waals surface area contributed by atoms with Crippen LogP contribution in [0.5, 0.6) is 0 Å². The molecule has 282 valence electrons. The Bertz CT molecular complexity index is 3150. The number of aliphatic hydroxyl groups excluding tert-OH is 1. The number of fused-ring (bicyclic) bond motifs is 7. The first-order valence-electron chi connectivity index (χ1n) is 18.0. The van der Waals surface area contributed by atoms with Gasteiger partial charge in [-0.15, -0.1) is 34.0 Å². The van der Waals surface area contributed by atoms with Crippen LogP contribution >= 0.6 is 34.0 Å². The van der Waals surface area contributed by atoms with E-state index in [-0.39, 0.29) is 46.7 Å². The molecule has 0 saturated carbocycles. The van der Waals surface area contributed by atoms with Gasteiger partial charge in [0.1, 0.15) is 30.0 Å². The second-order valence-corrected chi connectivity index (χ2v) is 16.9. The molecular weight excluding hydrogens is 793 g/mol. The number of benzene rings is 4. The van der Waals surface area contributed by atoms with Gasteiger partial charge >= 0.3 is 11.9 Å². The zero-order valence-electron chi connectivity index (χ0n) is 30.0. The second kappa shape index (κ2) is 13.9. The molecule has 0 amide bonds. The van der Waals surface area contributed by atoms with E-state index in [2.05, 4.69) is 9.98 Å². The predicted molar refractivity (Wildman–Crippen MR) is 224 cm³/mol. The Morgan fingerprint density at radius 2 is 1.26 bits per heavy atom. The van der Waals surface area contributed by atoms with Gasteiger partial charge < -0.3 is 14.6 Å². The first kappa shape index (κ1) is 35.9. The highest BCUT2D eigenvalue weighted by atomic mass is 32.1. The smallest absolute Gasteiger partial charge is 0.334 e. The van der Waals surface area contributed by atoms with Gasteiger partial charge in [0.15, 0.2) is 5.36 Å². The van der Waals surface area contributed by atoms with E-state index >= 15 is 0 Å². The van der Waals surface area contributed by atoms with E-state index in [4.69, 9.17) is 9.47 Å². The number of carbonyl (C=O) groups excluding carboxylic acids is 3. The molecule has 1 unspecified atom stereocenters. The van der Waals surface area contributed by atoms with E-state index < -0.39 is 39.7 Å². The molecule has 1 N–H and O–H groups in total. The Morgan fingerprint density at radius 1 is 0.672 bits per heavy atom. The van der Waals surface area contributed by atoms with E-state index in [9.17, 15) is 29.1 Å². The van der Waals surface area contributed by atoms with Crippen LogP contribution < -0.4 is 16.2 Å². The van der Waals surface area contributed by atoms with E-state index in [0.717, 1.165) is 14.1 Å². The van der Waals surface area contributed by atoms with Crippen molar-refractivity contribution in [3.63, 3.8) is 0 Å². The molecule has 10 rings (SSSR count). The van der Waals surface area contributed by atoms with Crippen molar-refractivity contribution in [1.82, 2.24) is 0 Å². The summed E-state index contributed by atoms with van der Waals surface area (Å²) >= 11 is 3.94. The van der Waals surface area contributed by atoms with Crippen LogP contribution in [-0.4, -0.2) is 28.5 Å². The van der Waals surface area contributed by atoms with E-state index in [1.165, 1.54) is 46.1 Å². The monoisotopic (exact) mass is 818 g/mol. The van der Waals surface area contributed by atoms with E-state index in [1.807, 2.05) is 12.1 Å². The van der Waals surface area contributed by atoms with Crippen LogP contribution in [0.15, 0.2) is 141 Å². The third kappa shape index (κ3) is 5.50. The summed E-state index contributed by atoms with van der Waals surface area (Å²) in [5.41, 5.74) is -1.15. The number of aliphatic imine (C=N–C) groups is 1. The first-order valence-corrected chi connectivity index (χ1v) is 20.5. The Hall–Kier alpha value is -6.51. The zero-order valence-corrected chi connectivity index (χ0v) is 32.4. The topological polar surface area (TPSA) is 149 Å². The second-order valence-electron chi connectivity index (χ2n) is 13.8. The molecule has 2 aliphatic rings. The largest absolute Gasteiger partial charge is 0.459 e. The van der Waals surface area contributed by atoms with Crippen molar-refractivity contribution in [1.29, 1.82) is 0 Å². The minimum Gasteiger partial charge on any atom is -0.459 e. The maximum atomic E-state index is 15.0. The molecule has 10 nitrogen and oxygen atoms in total. The summed E-state index contributed by atoms with van der Waals surface area (Å²) < 4.78 is 14.9. The van der Waals surface area contributed by atoms with Crippen LogP contribution in [0.3, 0.4) is 0 Å². The highest BCUT2D eigenvalue weighted by Crippen LogP contribution is 2.57. The number of esters is 2. The van der Waals surface area contributed by atoms with Crippen molar-refractivity contribution < 1.29 is 29.0 Å². The van der Waals surface area contributed by atoms with E-state index in [0.29, 0.717) is 36.8 Å². The summed E-state index contributed by atoms with van der Waals surface area (Å²) in [6.07, 6.45) is 0.401. The fraction of sp³-hybridized carbons (Fsp3) is 0.0889. The van der Waals surface area contributed by atoms with Gasteiger partial charge in [-0.1, -0.05) is 109 Å². The van der Waals surface area contributed by atoms with E-state index in [1.54, 1.807) is 97.1 Å². The number of ketones is 1. The molecule has 1 atom stereocenters. The lowest BCUT2D eigenvalue weighted by molar-refractivity contribution is -0.164. The van der Waals surface area contributed by atoms with Crippen molar-refractivity contribution in [3.05, 3.63) is 179 Å². The first-order chi connectivity index (χ1) is 28.2. The van der Waals surface area contributed by atoms with Crippen molar-refractivity contribution in [2.75, 3.05) is 0 Å². The van der Waals surface area contributed by atoms with Crippen LogP contribution in [0.25, 0.3) is 35.6 Å². The number of carbonyl (C=O) groups is 3. The van der Waals surface area contributed by atoms with Gasteiger partial charge in [0, 0.05) is 31.5 Å². The number of ether oxygens (including phenoxy) is 2. The third-order valence-electron chi connectivity index (χ3n) is 10.4. The van der Waals surface area contributed by atoms with Crippen LogP contribution in [0, 0.1) is 0 Å². The molecule has 5 aromatic carbocycles. The molecular formula is C45H26N2O8S3. The number of thiophene rings is 3. The molecule has 0 radical (unpaired) electrons. The van der Waals surface area contributed by atoms with Gasteiger partial charge in [-0.2, -0.15) is 0 Å². The van der Waals surface area contributed by atoms with Crippen LogP contribution in [0.4, 0.5) is 5.00 Å². The summed E-state index contributed by atoms with van der Waals surface area (Å²) in [6.45, 7) is -0.359. The number of hydrogen-bond acceptors (Lipinski definition) is 13. The summed E-state index contributed by atoms with van der Waals surface area (Å²) in [7, 11) is 0. The summed E-state index contributed by atoms with van der Waals surface area (Å²) in [4.78, 5) is 80.2. The normalized spacial score (nSPS) is 16.2. The zero-order chi connectivity index (χ0) is 39.7. The molecule has 58 heavy (non-hydrogen) atoms. The fourth-order valence-corrected chi connectivity index (χ4v) is 11.8. The number of Topliss-reactive ketones (excluding diaryl/α,β-unsaturated/α-hetero) is 1.